The lowest BCUT2D eigenvalue weighted by atomic mass is 10.2. The number of β-amino-alcohol motifs (C(OH)–C–C–N with tert-alkyl or cyclic N) is 1. The Hall–Kier alpha value is -0.970. The molecule has 0 saturated carbocycles. The number of anilines is 2. The molecule has 18 heavy (non-hydrogen) atoms. The third-order valence-electron chi connectivity index (χ3n) is 3.38. The summed E-state index contributed by atoms with van der Waals surface area (Å²) in [5.74, 6) is 0. The number of aliphatic hydroxyl groups is 1. The second kappa shape index (κ2) is 6.27. The van der Waals surface area contributed by atoms with E-state index in [0.717, 1.165) is 44.8 Å². The van der Waals surface area contributed by atoms with E-state index in [1.807, 2.05) is 18.2 Å². The van der Waals surface area contributed by atoms with Crippen LogP contribution in [0.2, 0.25) is 5.02 Å². The van der Waals surface area contributed by atoms with E-state index in [1.54, 1.807) is 0 Å². The van der Waals surface area contributed by atoms with E-state index in [-0.39, 0.29) is 6.61 Å². The summed E-state index contributed by atoms with van der Waals surface area (Å²) in [7, 11) is 0. The fourth-order valence-corrected chi connectivity index (χ4v) is 2.55. The van der Waals surface area contributed by atoms with Gasteiger partial charge in [0.2, 0.25) is 0 Å². The zero-order valence-electron chi connectivity index (χ0n) is 10.5. The molecule has 0 spiro atoms. The molecule has 0 atom stereocenters. The van der Waals surface area contributed by atoms with E-state index in [1.165, 1.54) is 0 Å². The average Bonchev–Trinajstić information content (AvgIpc) is 2.59. The van der Waals surface area contributed by atoms with Gasteiger partial charge < -0.3 is 15.7 Å². The van der Waals surface area contributed by atoms with Crippen molar-refractivity contribution in [3.63, 3.8) is 0 Å². The number of aliphatic hydroxyl groups excluding tert-OH is 1. The van der Waals surface area contributed by atoms with Gasteiger partial charge in [-0.25, -0.2) is 0 Å². The maximum absolute atomic E-state index is 8.98. The second-order valence-corrected chi connectivity index (χ2v) is 4.99. The largest absolute Gasteiger partial charge is 0.396 e. The van der Waals surface area contributed by atoms with Crippen LogP contribution in [0.5, 0.6) is 0 Å². The molecule has 1 aliphatic heterocycles. The molecule has 1 fully saturated rings. The summed E-state index contributed by atoms with van der Waals surface area (Å²) >= 11 is 6.06. The predicted molar refractivity (Wildman–Crippen MR) is 76.2 cm³/mol. The highest BCUT2D eigenvalue weighted by atomic mass is 35.5. The van der Waals surface area contributed by atoms with Crippen molar-refractivity contribution in [1.82, 2.24) is 4.90 Å². The Morgan fingerprint density at radius 2 is 2.06 bits per heavy atom. The molecule has 5 heteroatoms. The van der Waals surface area contributed by atoms with Gasteiger partial charge in [0.05, 0.1) is 23.0 Å². The fourth-order valence-electron chi connectivity index (χ4n) is 2.38. The first kappa shape index (κ1) is 13.5. The first-order valence-electron chi connectivity index (χ1n) is 6.34. The Morgan fingerprint density at radius 1 is 1.22 bits per heavy atom. The Morgan fingerprint density at radius 3 is 2.83 bits per heavy atom. The summed E-state index contributed by atoms with van der Waals surface area (Å²) in [6, 6.07) is 5.77. The summed E-state index contributed by atoms with van der Waals surface area (Å²) in [5.41, 5.74) is 7.71. The highest BCUT2D eigenvalue weighted by molar-refractivity contribution is 6.33. The number of hydrogen-bond donors (Lipinski definition) is 2. The van der Waals surface area contributed by atoms with E-state index in [2.05, 4.69) is 9.80 Å². The number of nitrogens with two attached hydrogens (primary N) is 1. The Balaban J connectivity index is 2.07. The molecular formula is C13H20ClN3O. The maximum atomic E-state index is 8.98. The van der Waals surface area contributed by atoms with E-state index in [0.29, 0.717) is 10.7 Å². The summed E-state index contributed by atoms with van der Waals surface area (Å²) in [4.78, 5) is 4.55. The highest BCUT2D eigenvalue weighted by Gasteiger charge is 2.17. The first-order valence-corrected chi connectivity index (χ1v) is 6.72. The van der Waals surface area contributed by atoms with Crippen LogP contribution in [0.15, 0.2) is 18.2 Å². The molecule has 1 saturated heterocycles. The molecular weight excluding hydrogens is 250 g/mol. The summed E-state index contributed by atoms with van der Waals surface area (Å²) in [6.45, 7) is 4.85. The predicted octanol–water partition coefficient (Wildman–Crippen LogP) is 1.43. The standard InChI is InChI=1S/C13H20ClN3O/c14-11-3-1-4-12(13(11)15)17-6-2-5-16(7-8-17)9-10-18/h1,3-4,18H,2,5-10,15H2. The van der Waals surface area contributed by atoms with Crippen molar-refractivity contribution in [2.45, 2.75) is 6.42 Å². The number of nitrogens with zero attached hydrogens (tertiary/aromatic N) is 2. The number of halogens is 1. The van der Waals surface area contributed by atoms with Gasteiger partial charge in [-0.2, -0.15) is 0 Å². The van der Waals surface area contributed by atoms with Crippen molar-refractivity contribution in [1.29, 1.82) is 0 Å². The van der Waals surface area contributed by atoms with Crippen molar-refractivity contribution >= 4 is 23.0 Å². The third-order valence-corrected chi connectivity index (χ3v) is 3.70. The van der Waals surface area contributed by atoms with Gasteiger partial charge in [0.15, 0.2) is 0 Å². The first-order chi connectivity index (χ1) is 8.72. The Labute approximate surface area is 113 Å². The van der Waals surface area contributed by atoms with Crippen LogP contribution < -0.4 is 10.6 Å². The van der Waals surface area contributed by atoms with E-state index in [4.69, 9.17) is 22.4 Å². The van der Waals surface area contributed by atoms with E-state index >= 15 is 0 Å². The zero-order chi connectivity index (χ0) is 13.0. The molecule has 1 aromatic carbocycles. The van der Waals surface area contributed by atoms with Crippen LogP contribution in [-0.2, 0) is 0 Å². The zero-order valence-corrected chi connectivity index (χ0v) is 11.2. The third kappa shape index (κ3) is 3.07. The SMILES string of the molecule is Nc1c(Cl)cccc1N1CCCN(CCO)CC1. The summed E-state index contributed by atoms with van der Waals surface area (Å²) in [6.07, 6.45) is 1.08. The number of para-hydroxylation sites is 1. The van der Waals surface area contributed by atoms with Crippen molar-refractivity contribution in [2.75, 3.05) is 50.0 Å². The molecule has 0 radical (unpaired) electrons. The smallest absolute Gasteiger partial charge is 0.0741 e. The van der Waals surface area contributed by atoms with Crippen LogP contribution in [0.3, 0.4) is 0 Å². The van der Waals surface area contributed by atoms with Gasteiger partial charge >= 0.3 is 0 Å². The number of rotatable bonds is 3. The molecule has 0 aliphatic carbocycles. The Bertz CT molecular complexity index is 400. The fraction of sp³-hybridized carbons (Fsp3) is 0.538. The molecule has 0 unspecified atom stereocenters. The van der Waals surface area contributed by atoms with Crippen LogP contribution in [-0.4, -0.2) is 49.3 Å². The number of benzene rings is 1. The lowest BCUT2D eigenvalue weighted by Crippen LogP contribution is -2.32. The van der Waals surface area contributed by atoms with Gasteiger partial charge in [0.25, 0.3) is 0 Å². The van der Waals surface area contributed by atoms with Crippen molar-refractivity contribution in [3.05, 3.63) is 23.2 Å². The molecule has 0 bridgehead atoms. The van der Waals surface area contributed by atoms with Crippen LogP contribution in [0.25, 0.3) is 0 Å². The summed E-state index contributed by atoms with van der Waals surface area (Å²) < 4.78 is 0. The number of hydrogen-bond acceptors (Lipinski definition) is 4. The van der Waals surface area contributed by atoms with Gasteiger partial charge in [-0.1, -0.05) is 17.7 Å². The summed E-state index contributed by atoms with van der Waals surface area (Å²) in [5, 5.41) is 9.60. The molecule has 1 heterocycles. The van der Waals surface area contributed by atoms with Gasteiger partial charge in [0, 0.05) is 26.2 Å². The quantitative estimate of drug-likeness (QED) is 0.815. The molecule has 4 nitrogen and oxygen atoms in total. The van der Waals surface area contributed by atoms with E-state index < -0.39 is 0 Å². The molecule has 2 rings (SSSR count). The topological polar surface area (TPSA) is 52.7 Å². The van der Waals surface area contributed by atoms with Gasteiger partial charge in [-0.05, 0) is 25.1 Å². The Kier molecular flexibility index (Phi) is 4.69. The van der Waals surface area contributed by atoms with Crippen LogP contribution >= 0.6 is 11.6 Å². The molecule has 0 amide bonds. The lowest BCUT2D eigenvalue weighted by Gasteiger charge is -2.25. The lowest BCUT2D eigenvalue weighted by molar-refractivity contribution is 0.204. The highest BCUT2D eigenvalue weighted by Crippen LogP contribution is 2.30. The minimum Gasteiger partial charge on any atom is -0.396 e. The van der Waals surface area contributed by atoms with Crippen LogP contribution in [0.4, 0.5) is 11.4 Å². The minimum absolute atomic E-state index is 0.222. The average molecular weight is 270 g/mol. The van der Waals surface area contributed by atoms with Gasteiger partial charge in [-0.3, -0.25) is 4.90 Å². The monoisotopic (exact) mass is 269 g/mol. The van der Waals surface area contributed by atoms with Crippen molar-refractivity contribution < 1.29 is 5.11 Å². The number of nitrogen functional groups attached to an aromatic ring is 1. The van der Waals surface area contributed by atoms with Gasteiger partial charge in [-0.15, -0.1) is 0 Å². The van der Waals surface area contributed by atoms with Crippen LogP contribution in [0.1, 0.15) is 6.42 Å². The minimum atomic E-state index is 0.222. The second-order valence-electron chi connectivity index (χ2n) is 4.58. The molecule has 0 aromatic heterocycles. The molecule has 1 aromatic rings. The molecule has 100 valence electrons. The molecule has 1 aliphatic rings. The van der Waals surface area contributed by atoms with Gasteiger partial charge in [0.1, 0.15) is 0 Å². The normalized spacial score (nSPS) is 17.8. The van der Waals surface area contributed by atoms with Crippen LogP contribution in [0, 0.1) is 0 Å². The molecule has 3 N–H and O–H groups in total. The maximum Gasteiger partial charge on any atom is 0.0741 e. The van der Waals surface area contributed by atoms with Crippen molar-refractivity contribution in [2.24, 2.45) is 0 Å². The van der Waals surface area contributed by atoms with Crippen molar-refractivity contribution in [3.8, 4) is 0 Å². The van der Waals surface area contributed by atoms with E-state index in [9.17, 15) is 0 Å².